The van der Waals surface area contributed by atoms with E-state index in [4.69, 9.17) is 9.94 Å². The summed E-state index contributed by atoms with van der Waals surface area (Å²) in [6.45, 7) is 1.64. The normalized spacial score (nSPS) is 11.3. The van der Waals surface area contributed by atoms with Crippen molar-refractivity contribution in [1.82, 2.24) is 0 Å². The maximum absolute atomic E-state index is 11.8. The van der Waals surface area contributed by atoms with Gasteiger partial charge in [-0.25, -0.2) is 0 Å². The fourth-order valence-electron chi connectivity index (χ4n) is 2.59. The van der Waals surface area contributed by atoms with E-state index in [9.17, 15) is 4.79 Å². The fraction of sp³-hybridized carbons (Fsp3) is 0.143. The molecule has 2 aromatic heterocycles. The van der Waals surface area contributed by atoms with Gasteiger partial charge in [-0.3, -0.25) is 9.53 Å². The number of fused-ring (bicyclic) bond motifs is 1. The number of nitrogens with zero attached hydrogens (tertiary/aromatic N) is 3. The average molecular weight is 617 g/mol. The van der Waals surface area contributed by atoms with Crippen molar-refractivity contribution in [2.24, 2.45) is 5.16 Å². The number of halogens is 2. The van der Waals surface area contributed by atoms with Crippen LogP contribution in [0.15, 0.2) is 84.4 Å². The summed E-state index contributed by atoms with van der Waals surface area (Å²) in [4.78, 5) is 11.8. The molecule has 0 radical (unpaired) electrons. The van der Waals surface area contributed by atoms with Gasteiger partial charge in [0.05, 0.1) is 0 Å². The van der Waals surface area contributed by atoms with Crippen LogP contribution in [0.25, 0.3) is 11.1 Å². The van der Waals surface area contributed by atoms with Crippen LogP contribution in [0, 0.1) is 0 Å². The summed E-state index contributed by atoms with van der Waals surface area (Å²) < 4.78 is 9.13. The molecule has 2 heterocycles. The molecule has 0 fully saturated rings. The molecule has 0 amide bonds. The third-order valence-electron chi connectivity index (χ3n) is 4.01. The van der Waals surface area contributed by atoms with Gasteiger partial charge in [-0.15, -0.1) is 0 Å². The van der Waals surface area contributed by atoms with E-state index < -0.39 is 6.23 Å². The van der Waals surface area contributed by atoms with Crippen LogP contribution in [0.4, 0.5) is 0 Å². The highest BCUT2D eigenvalue weighted by molar-refractivity contribution is 5.80. The summed E-state index contributed by atoms with van der Waals surface area (Å²) in [6.07, 6.45) is 5.94. The first-order valence-electron chi connectivity index (χ1n) is 8.53. The summed E-state index contributed by atoms with van der Waals surface area (Å²) in [5.41, 5.74) is 3.52. The summed E-state index contributed by atoms with van der Waals surface area (Å²) >= 11 is 0. The largest absolute Gasteiger partial charge is 1.00 e. The number of carbonyl (C=O) groups excluding carboxylic acids is 1. The lowest BCUT2D eigenvalue weighted by Crippen LogP contribution is -3.00. The number of ketones is 1. The molecule has 4 rings (SSSR count). The van der Waals surface area contributed by atoms with Gasteiger partial charge >= 0.3 is 6.23 Å². The van der Waals surface area contributed by atoms with Gasteiger partial charge in [0.25, 0.3) is 6.73 Å². The van der Waals surface area contributed by atoms with Crippen molar-refractivity contribution >= 4 is 12.0 Å². The van der Waals surface area contributed by atoms with E-state index >= 15 is 0 Å². The van der Waals surface area contributed by atoms with Crippen molar-refractivity contribution in [3.8, 4) is 11.1 Å². The molecular formula is C21H21I2N3O3. The zero-order chi connectivity index (χ0) is 19.1. The molecule has 0 aliphatic heterocycles. The van der Waals surface area contributed by atoms with Crippen LogP contribution in [0.1, 0.15) is 18.8 Å². The van der Waals surface area contributed by atoms with Gasteiger partial charge in [0.1, 0.15) is 6.21 Å². The van der Waals surface area contributed by atoms with Crippen LogP contribution in [-0.4, -0.2) is 17.2 Å². The molecule has 2 aromatic rings. The Morgan fingerprint density at radius 2 is 1.69 bits per heavy atom. The van der Waals surface area contributed by atoms with Crippen LogP contribution in [0.5, 0.6) is 0 Å². The third-order valence-corrected chi connectivity index (χ3v) is 4.01. The molecule has 29 heavy (non-hydrogen) atoms. The van der Waals surface area contributed by atoms with Crippen LogP contribution in [-0.2, 0) is 16.3 Å². The highest BCUT2D eigenvalue weighted by atomic mass is 127. The van der Waals surface area contributed by atoms with E-state index in [2.05, 4.69) is 29.4 Å². The van der Waals surface area contributed by atoms with Gasteiger partial charge in [0.2, 0.25) is 11.5 Å². The van der Waals surface area contributed by atoms with Crippen LogP contribution < -0.4 is 57.1 Å². The summed E-state index contributed by atoms with van der Waals surface area (Å²) in [5, 5.41) is 11.7. The number of pyridine rings is 2. The van der Waals surface area contributed by atoms with Gasteiger partial charge in [0.15, 0.2) is 18.6 Å². The molecule has 0 aromatic carbocycles. The first kappa shape index (κ1) is 25.1. The highest BCUT2D eigenvalue weighted by Crippen LogP contribution is 2.32. The first-order valence-corrected chi connectivity index (χ1v) is 8.53. The molecule has 1 atom stereocenters. The Kier molecular flexibility index (Phi) is 10.9. The van der Waals surface area contributed by atoms with Crippen molar-refractivity contribution in [3.05, 3.63) is 84.9 Å². The third kappa shape index (κ3) is 7.44. The number of benzene rings is 1. The highest BCUT2D eigenvalue weighted by Gasteiger charge is 2.26. The SMILES string of the molecule is CC(=O)C(OC[n+]1ccccc1C=NO)[n+]1ccccc1.[I-].[I-].c1cc2cc-2c1. The molecule has 0 saturated carbocycles. The summed E-state index contributed by atoms with van der Waals surface area (Å²) in [5.74, 6) is -0.0971. The topological polar surface area (TPSA) is 66.6 Å². The maximum atomic E-state index is 11.8. The van der Waals surface area contributed by atoms with Crippen molar-refractivity contribution in [3.63, 3.8) is 0 Å². The van der Waals surface area contributed by atoms with E-state index in [1.165, 1.54) is 24.3 Å². The second-order valence-corrected chi connectivity index (χ2v) is 6.00. The zero-order valence-corrected chi connectivity index (χ0v) is 20.0. The lowest BCUT2D eigenvalue weighted by atomic mass is 10.3. The number of carbonyl (C=O) groups is 1. The van der Waals surface area contributed by atoms with Gasteiger partial charge in [-0.1, -0.05) is 29.4 Å². The fourth-order valence-corrected chi connectivity index (χ4v) is 2.59. The van der Waals surface area contributed by atoms with Crippen molar-refractivity contribution in [2.75, 3.05) is 0 Å². The number of oxime groups is 1. The van der Waals surface area contributed by atoms with Gasteiger partial charge in [0, 0.05) is 31.2 Å². The number of hydrogen-bond donors (Lipinski definition) is 1. The molecular weight excluding hydrogens is 596 g/mol. The number of rotatable bonds is 6. The quantitative estimate of drug-likeness (QED) is 0.0805. The zero-order valence-electron chi connectivity index (χ0n) is 15.7. The minimum Gasteiger partial charge on any atom is -1.00 e. The smallest absolute Gasteiger partial charge is 0.327 e. The van der Waals surface area contributed by atoms with E-state index in [-0.39, 0.29) is 60.5 Å². The molecule has 0 spiro atoms. The Balaban J connectivity index is 0.000000443. The van der Waals surface area contributed by atoms with E-state index in [0.717, 1.165) is 0 Å². The molecule has 152 valence electrons. The Morgan fingerprint density at radius 3 is 2.21 bits per heavy atom. The average Bonchev–Trinajstić information content (AvgIpc) is 3.29. The van der Waals surface area contributed by atoms with Crippen LogP contribution in [0.3, 0.4) is 0 Å². The number of ether oxygens (including phenoxy) is 1. The van der Waals surface area contributed by atoms with Crippen molar-refractivity contribution in [1.29, 1.82) is 0 Å². The van der Waals surface area contributed by atoms with E-state index in [0.29, 0.717) is 5.69 Å². The molecule has 1 N–H and O–H groups in total. The molecule has 1 unspecified atom stereocenters. The number of aromatic nitrogens is 2. The monoisotopic (exact) mass is 617 g/mol. The molecule has 0 bridgehead atoms. The minimum absolute atomic E-state index is 0. The van der Waals surface area contributed by atoms with Gasteiger partial charge < -0.3 is 53.2 Å². The Bertz CT molecular complexity index is 935. The molecule has 0 saturated heterocycles. The van der Waals surface area contributed by atoms with Crippen molar-refractivity contribution < 1.29 is 71.8 Å². The van der Waals surface area contributed by atoms with Crippen LogP contribution >= 0.6 is 0 Å². The van der Waals surface area contributed by atoms with Crippen LogP contribution in [0.2, 0.25) is 0 Å². The van der Waals surface area contributed by atoms with Crippen molar-refractivity contribution in [2.45, 2.75) is 19.9 Å². The Morgan fingerprint density at radius 1 is 1.03 bits per heavy atom. The Hall–Kier alpha value is -1.92. The Labute approximate surface area is 203 Å². The second kappa shape index (κ2) is 12.6. The van der Waals surface area contributed by atoms with E-state index in [1.54, 1.807) is 33.8 Å². The lowest BCUT2D eigenvalue weighted by Gasteiger charge is -2.08. The standard InChI is InChI=1S/C15H16N3O3.C6H4.2HI/c1-13(19)15(17-8-4-2-5-9-17)21-12-18-10-6-3-7-14(18)11-16-20;1-2-5-4-6(5)3-1;;/h2-11,15H,12H2,1H3;1-4H;2*1H/q+1;;;/p-1. The lowest BCUT2D eigenvalue weighted by molar-refractivity contribution is -0.797. The molecule has 2 aliphatic carbocycles. The summed E-state index contributed by atoms with van der Waals surface area (Å²) in [6, 6.07) is 19.4. The van der Waals surface area contributed by atoms with E-state index in [1.807, 2.05) is 30.3 Å². The minimum atomic E-state index is -0.696. The summed E-state index contributed by atoms with van der Waals surface area (Å²) in [7, 11) is 0. The number of Topliss-reactive ketones (excluding diaryl/α,β-unsaturated/α-hetero) is 1. The van der Waals surface area contributed by atoms with Gasteiger partial charge in [-0.2, -0.15) is 9.13 Å². The second-order valence-electron chi connectivity index (χ2n) is 6.00. The molecule has 8 heteroatoms. The maximum Gasteiger partial charge on any atom is 0.327 e. The molecule has 6 nitrogen and oxygen atoms in total. The molecule has 2 aliphatic rings. The van der Waals surface area contributed by atoms with Gasteiger partial charge in [-0.05, 0) is 23.3 Å². The predicted molar refractivity (Wildman–Crippen MR) is 98.9 cm³/mol. The first-order chi connectivity index (χ1) is 13.2. The predicted octanol–water partition coefficient (Wildman–Crippen LogP) is -3.49. The number of hydrogen-bond acceptors (Lipinski definition) is 4.